The van der Waals surface area contributed by atoms with E-state index in [9.17, 15) is 0 Å². The molecule has 0 bridgehead atoms. The smallest absolute Gasteiger partial charge is 0 e. The minimum Gasteiger partial charge on any atom is -0.870 e. The summed E-state index contributed by atoms with van der Waals surface area (Å²) in [6.07, 6.45) is 0. The second-order valence-electron chi connectivity index (χ2n) is 0. The summed E-state index contributed by atoms with van der Waals surface area (Å²) in [6, 6.07) is 0. The molecule has 0 heterocycles. The molecule has 3 nitrogen and oxygen atoms in total. The van der Waals surface area contributed by atoms with Gasteiger partial charge in [-0.05, 0) is 0 Å². The van der Waals surface area contributed by atoms with E-state index in [1.807, 2.05) is 0 Å². The van der Waals surface area contributed by atoms with Gasteiger partial charge in [0.2, 0.25) is 0 Å². The fraction of sp³-hybridized carbons (Fsp3) is 0. The fourth-order valence-electron chi connectivity index (χ4n) is 0. The average Bonchev–Trinajstić information content (AvgIpc) is 0. The Morgan fingerprint density at radius 1 is 0.500 bits per heavy atom. The molecule has 0 aliphatic heterocycles. The molecule has 4 heteroatoms. The first kappa shape index (κ1) is 319. The van der Waals surface area contributed by atoms with Crippen LogP contribution < -0.4 is 0 Å². The van der Waals surface area contributed by atoms with E-state index < -0.39 is 0 Å². The van der Waals surface area contributed by atoms with Crippen molar-refractivity contribution in [1.29, 1.82) is 0 Å². The summed E-state index contributed by atoms with van der Waals surface area (Å²) in [5.74, 6) is 0. The first-order chi connectivity index (χ1) is 0. The summed E-state index contributed by atoms with van der Waals surface area (Å²) in [7, 11) is 0. The molecule has 0 radical (unpaired) electrons. The molecule has 0 atom stereocenters. The van der Waals surface area contributed by atoms with E-state index in [1.165, 1.54) is 0 Å². The van der Waals surface area contributed by atoms with Gasteiger partial charge in [-0.25, -0.2) is 0 Å². The minimum absolute atomic E-state index is 0. The summed E-state index contributed by atoms with van der Waals surface area (Å²) < 4.78 is 0. The van der Waals surface area contributed by atoms with Crippen molar-refractivity contribution in [1.82, 2.24) is 0 Å². The summed E-state index contributed by atoms with van der Waals surface area (Å²) in [4.78, 5) is 0. The summed E-state index contributed by atoms with van der Waals surface area (Å²) >= 11 is 0. The summed E-state index contributed by atoms with van der Waals surface area (Å²) in [6.45, 7) is 0. The van der Waals surface area contributed by atoms with E-state index >= 15 is 0 Å². The molecule has 0 saturated heterocycles. The Balaban J connectivity index is 0. The maximum Gasteiger partial charge on any atom is 0 e. The van der Waals surface area contributed by atoms with Gasteiger partial charge in [0.25, 0.3) is 0 Å². The van der Waals surface area contributed by atoms with Crippen LogP contribution in [0, 0.1) is 0 Å². The van der Waals surface area contributed by atoms with Gasteiger partial charge < -0.3 is 16.4 Å². The monoisotopic (exact) mass is 107 g/mol. The van der Waals surface area contributed by atoms with Crippen LogP contribution in [0.25, 0.3) is 0 Å². The Labute approximate surface area is 34.4 Å². The first-order valence-corrected chi connectivity index (χ1v) is 0. The second kappa shape index (κ2) is 123. The Kier molecular flexibility index (Phi) is 9770. The largest absolute Gasteiger partial charge is 0.870 e. The van der Waals surface area contributed by atoms with Gasteiger partial charge in [-0.1, -0.05) is 0 Å². The zero-order valence-corrected chi connectivity index (χ0v) is 2.80. The van der Waals surface area contributed by atoms with Crippen molar-refractivity contribution in [2.45, 2.75) is 0 Å². The maximum atomic E-state index is 0. The predicted octanol–water partition coefficient (Wildman–Crippen LogP) is -0.533. The van der Waals surface area contributed by atoms with Crippen molar-refractivity contribution in [2.24, 2.45) is 0 Å². The van der Waals surface area contributed by atoms with E-state index in [1.54, 1.807) is 0 Å². The first-order valence-electron chi connectivity index (χ1n) is 0. The van der Waals surface area contributed by atoms with E-state index in [0.29, 0.717) is 0 Å². The van der Waals surface area contributed by atoms with Crippen LogP contribution in [0.5, 0.6) is 0 Å². The third-order valence-corrected chi connectivity index (χ3v) is 0. The molecular weight excluding hydrogens is 104 g/mol. The van der Waals surface area contributed by atoms with Gasteiger partial charge >= 0.3 is 0 Å². The van der Waals surface area contributed by atoms with Gasteiger partial charge in [-0.15, -0.1) is 0 Å². The molecule has 0 rings (SSSR count). The summed E-state index contributed by atoms with van der Waals surface area (Å²) in [5.41, 5.74) is 0. The van der Waals surface area contributed by atoms with Gasteiger partial charge in [-0.2, -0.15) is 0 Å². The van der Waals surface area contributed by atoms with Crippen LogP contribution in [0.2, 0.25) is 0 Å². The molecule has 0 amide bonds. The maximum absolute atomic E-state index is 0. The topological polar surface area (TPSA) is 90.0 Å². The van der Waals surface area contributed by atoms with Crippen LogP contribution in [-0.2, 0) is 17.1 Å². The van der Waals surface area contributed by atoms with E-state index in [4.69, 9.17) is 0 Å². The molecule has 0 unspecified atom stereocenters. The quantitative estimate of drug-likeness (QED) is 0.389. The van der Waals surface area contributed by atoms with Crippen LogP contribution in [0.15, 0.2) is 0 Å². The van der Waals surface area contributed by atoms with E-state index in [0.717, 1.165) is 0 Å². The Morgan fingerprint density at radius 2 is 0.500 bits per heavy atom. The second-order valence-corrected chi connectivity index (χ2v) is 0. The number of rotatable bonds is 0. The van der Waals surface area contributed by atoms with Gasteiger partial charge in [0.15, 0.2) is 0 Å². The molecule has 0 aliphatic rings. The fourth-order valence-corrected chi connectivity index (χ4v) is 0. The van der Waals surface area contributed by atoms with Crippen molar-refractivity contribution in [3.8, 4) is 0 Å². The molecular formula is H3FeO3-3. The van der Waals surface area contributed by atoms with Gasteiger partial charge in [0, 0.05) is 17.1 Å². The van der Waals surface area contributed by atoms with Crippen molar-refractivity contribution in [3.63, 3.8) is 0 Å². The number of hydrogen-bond donors (Lipinski definition) is 0. The molecule has 0 aromatic carbocycles. The molecule has 0 saturated carbocycles. The van der Waals surface area contributed by atoms with Crippen molar-refractivity contribution < 1.29 is 33.5 Å². The molecule has 0 aliphatic carbocycles. The van der Waals surface area contributed by atoms with Crippen LogP contribution >= 0.6 is 0 Å². The molecule has 4 heavy (non-hydrogen) atoms. The van der Waals surface area contributed by atoms with Crippen molar-refractivity contribution in [3.05, 3.63) is 0 Å². The standard InChI is InChI=1S/Fe.3H2O/h;3*1H2/p-3. The Morgan fingerprint density at radius 3 is 0.500 bits per heavy atom. The van der Waals surface area contributed by atoms with E-state index in [2.05, 4.69) is 0 Å². The van der Waals surface area contributed by atoms with Crippen LogP contribution in [0.3, 0.4) is 0 Å². The third kappa shape index (κ3) is 29.4. The van der Waals surface area contributed by atoms with Crippen molar-refractivity contribution in [2.75, 3.05) is 0 Å². The molecule has 0 aromatic heterocycles. The number of hydrogen-bond acceptors (Lipinski definition) is 3. The Hall–Kier alpha value is 0.399. The minimum atomic E-state index is 0. The average molecular weight is 107 g/mol. The molecule has 3 N–H and O–H groups in total. The Bertz CT molecular complexity index is 3.25. The van der Waals surface area contributed by atoms with Crippen LogP contribution in [0.4, 0.5) is 0 Å². The van der Waals surface area contributed by atoms with Crippen LogP contribution in [-0.4, -0.2) is 16.4 Å². The SMILES string of the molecule is [Fe].[OH-].[OH-].[OH-]. The van der Waals surface area contributed by atoms with Gasteiger partial charge in [0.1, 0.15) is 0 Å². The van der Waals surface area contributed by atoms with Crippen molar-refractivity contribution >= 4 is 0 Å². The molecule has 0 spiro atoms. The summed E-state index contributed by atoms with van der Waals surface area (Å²) in [5, 5.41) is 0. The predicted molar refractivity (Wildman–Crippen MR) is 5.81 cm³/mol. The van der Waals surface area contributed by atoms with E-state index in [-0.39, 0.29) is 33.5 Å². The van der Waals surface area contributed by atoms with Gasteiger partial charge in [0.05, 0.1) is 0 Å². The third-order valence-electron chi connectivity index (χ3n) is 0. The normalized spacial score (nSPS) is 0. The zero-order chi connectivity index (χ0) is 0. The zero-order valence-electron chi connectivity index (χ0n) is 1.70. The van der Waals surface area contributed by atoms with Gasteiger partial charge in [-0.3, -0.25) is 0 Å². The molecule has 0 aromatic rings. The molecule has 0 fully saturated rings. The van der Waals surface area contributed by atoms with Crippen LogP contribution in [0.1, 0.15) is 0 Å². The molecule has 32 valence electrons.